The van der Waals surface area contributed by atoms with Gasteiger partial charge in [0.15, 0.2) is 0 Å². The van der Waals surface area contributed by atoms with Crippen LogP contribution >= 0.6 is 11.8 Å². The predicted molar refractivity (Wildman–Crippen MR) is 241 cm³/mol. The van der Waals surface area contributed by atoms with Gasteiger partial charge in [-0.3, -0.25) is 0 Å². The first-order valence-corrected chi connectivity index (χ1v) is 20.8. The number of hydrogen-bond acceptors (Lipinski definition) is 1. The van der Waals surface area contributed by atoms with E-state index in [2.05, 4.69) is 199 Å². The zero-order chi connectivity index (χ0) is 37.5. The highest BCUT2D eigenvalue weighted by Gasteiger charge is 2.27. The molecule has 1 nitrogen and oxygen atoms in total. The van der Waals surface area contributed by atoms with Crippen molar-refractivity contribution in [3.63, 3.8) is 0 Å². The lowest BCUT2D eigenvalue weighted by atomic mass is 9.84. The lowest BCUT2D eigenvalue weighted by Crippen LogP contribution is -2.04. The third kappa shape index (κ3) is 5.18. The maximum absolute atomic E-state index is 2.49. The standard InChI is InChI=1S/C55H37NS/c1-3-12-35(13-4-1)38-24-29-43-40(32-38)26-30-42(49-33-39(25-31-44(43)49)36-14-5-2-6-15-36)37-22-27-41(28-23-37)56-50-20-9-7-17-47(50)54-48-19-11-18-46-45-16-8-10-21-52(45)57-53(55(46)48)34-51(54)56/h1-25,27-29,31-34,42H,26,30H2. The maximum Gasteiger partial charge on any atom is 0.0558 e. The lowest BCUT2D eigenvalue weighted by Gasteiger charge is -2.21. The Kier molecular flexibility index (Phi) is 7.43. The van der Waals surface area contributed by atoms with Crippen LogP contribution in [0, 0.1) is 0 Å². The SMILES string of the molecule is c1ccc(-c2ccc3c(c2)CCC(c2ccc(-n4c5ccccc5c5c6cccc7c6c(cc54)Sc4ccccc4-7)cc2)c2cc(-c4ccccc4)ccc2-3)cc1. The number of benzene rings is 9. The van der Waals surface area contributed by atoms with Crippen molar-refractivity contribution in [3.05, 3.63) is 211 Å². The van der Waals surface area contributed by atoms with Crippen LogP contribution in [0.3, 0.4) is 0 Å². The summed E-state index contributed by atoms with van der Waals surface area (Å²) in [7, 11) is 0. The summed E-state index contributed by atoms with van der Waals surface area (Å²) in [6.45, 7) is 0. The van der Waals surface area contributed by atoms with Crippen LogP contribution in [0.15, 0.2) is 204 Å². The first-order chi connectivity index (χ1) is 28.3. The Hall–Kier alpha value is -6.61. The van der Waals surface area contributed by atoms with E-state index in [1.165, 1.54) is 109 Å². The van der Waals surface area contributed by atoms with Crippen molar-refractivity contribution in [2.45, 2.75) is 28.6 Å². The minimum atomic E-state index is 0.256. The van der Waals surface area contributed by atoms with E-state index < -0.39 is 0 Å². The molecule has 57 heavy (non-hydrogen) atoms. The Morgan fingerprint density at radius 2 is 1.09 bits per heavy atom. The number of para-hydroxylation sites is 1. The van der Waals surface area contributed by atoms with E-state index in [1.54, 1.807) is 0 Å². The average Bonchev–Trinajstić information content (AvgIpc) is 3.52. The normalized spacial score (nSPS) is 14.3. The molecule has 0 N–H and O–H groups in total. The third-order valence-corrected chi connectivity index (χ3v) is 13.6. The van der Waals surface area contributed by atoms with Crippen LogP contribution in [-0.2, 0) is 6.42 Å². The van der Waals surface area contributed by atoms with Gasteiger partial charge in [0.05, 0.1) is 11.0 Å². The minimum absolute atomic E-state index is 0.256. The van der Waals surface area contributed by atoms with E-state index in [4.69, 9.17) is 0 Å². The molecule has 0 amide bonds. The van der Waals surface area contributed by atoms with Gasteiger partial charge in [0.25, 0.3) is 0 Å². The van der Waals surface area contributed by atoms with Crippen LogP contribution in [0.4, 0.5) is 0 Å². The van der Waals surface area contributed by atoms with Gasteiger partial charge in [-0.1, -0.05) is 169 Å². The Balaban J connectivity index is 1.00. The molecule has 1 atom stereocenters. The van der Waals surface area contributed by atoms with E-state index >= 15 is 0 Å². The molecule has 0 spiro atoms. The summed E-state index contributed by atoms with van der Waals surface area (Å²) in [5.74, 6) is 0.256. The molecular weight excluding hydrogens is 707 g/mol. The topological polar surface area (TPSA) is 4.93 Å². The van der Waals surface area contributed by atoms with Gasteiger partial charge in [0.2, 0.25) is 0 Å². The molecule has 0 bridgehead atoms. The molecule has 268 valence electrons. The van der Waals surface area contributed by atoms with Crippen molar-refractivity contribution >= 4 is 44.3 Å². The predicted octanol–water partition coefficient (Wildman–Crippen LogP) is 15.1. The van der Waals surface area contributed by atoms with E-state index in [0.29, 0.717) is 0 Å². The van der Waals surface area contributed by atoms with Crippen LogP contribution < -0.4 is 0 Å². The molecule has 0 saturated carbocycles. The molecule has 1 aromatic heterocycles. The number of rotatable bonds is 4. The summed E-state index contributed by atoms with van der Waals surface area (Å²) >= 11 is 1.90. The number of fused-ring (bicyclic) bond motifs is 9. The molecule has 1 aliphatic heterocycles. The van der Waals surface area contributed by atoms with E-state index in [-0.39, 0.29) is 5.92 Å². The van der Waals surface area contributed by atoms with Gasteiger partial charge >= 0.3 is 0 Å². The molecule has 1 unspecified atom stereocenters. The maximum atomic E-state index is 2.49. The summed E-state index contributed by atoms with van der Waals surface area (Å²) in [6.07, 6.45) is 2.06. The van der Waals surface area contributed by atoms with E-state index in [0.717, 1.165) is 12.8 Å². The van der Waals surface area contributed by atoms with Crippen molar-refractivity contribution < 1.29 is 0 Å². The molecule has 2 heterocycles. The summed E-state index contributed by atoms with van der Waals surface area (Å²) in [5.41, 5.74) is 18.3. The highest BCUT2D eigenvalue weighted by molar-refractivity contribution is 7.99. The van der Waals surface area contributed by atoms with E-state index in [9.17, 15) is 0 Å². The third-order valence-electron chi connectivity index (χ3n) is 12.4. The van der Waals surface area contributed by atoms with Crippen LogP contribution in [0.25, 0.3) is 82.8 Å². The first kappa shape index (κ1) is 32.6. The summed E-state index contributed by atoms with van der Waals surface area (Å²) < 4.78 is 2.49. The van der Waals surface area contributed by atoms with Crippen LogP contribution in [-0.4, -0.2) is 4.57 Å². The van der Waals surface area contributed by atoms with Gasteiger partial charge < -0.3 is 4.57 Å². The van der Waals surface area contributed by atoms with Crippen molar-refractivity contribution in [2.75, 3.05) is 0 Å². The highest BCUT2D eigenvalue weighted by atomic mass is 32.2. The molecule has 1 aliphatic carbocycles. The summed E-state index contributed by atoms with van der Waals surface area (Å²) in [6, 6.07) is 72.5. The van der Waals surface area contributed by atoms with Gasteiger partial charge in [-0.05, 0) is 116 Å². The Bertz CT molecular complexity index is 3190. The number of nitrogens with zero attached hydrogens (tertiary/aromatic N) is 1. The zero-order valence-corrected chi connectivity index (χ0v) is 32.1. The van der Waals surface area contributed by atoms with Gasteiger partial charge in [0.1, 0.15) is 0 Å². The average molecular weight is 744 g/mol. The fourth-order valence-corrected chi connectivity index (χ4v) is 11.0. The highest BCUT2D eigenvalue weighted by Crippen LogP contribution is 2.51. The minimum Gasteiger partial charge on any atom is -0.309 e. The van der Waals surface area contributed by atoms with Gasteiger partial charge in [-0.25, -0.2) is 0 Å². The van der Waals surface area contributed by atoms with Crippen molar-refractivity contribution in [1.29, 1.82) is 0 Å². The number of aromatic nitrogens is 1. The summed E-state index contributed by atoms with van der Waals surface area (Å²) in [4.78, 5) is 2.65. The Morgan fingerprint density at radius 3 is 1.89 bits per heavy atom. The van der Waals surface area contributed by atoms with E-state index in [1.807, 2.05) is 11.8 Å². The molecule has 0 saturated heterocycles. The first-order valence-electron chi connectivity index (χ1n) is 20.0. The number of aryl methyl sites for hydroxylation is 1. The largest absolute Gasteiger partial charge is 0.309 e. The van der Waals surface area contributed by atoms with Crippen molar-refractivity contribution in [1.82, 2.24) is 4.57 Å². The van der Waals surface area contributed by atoms with Crippen LogP contribution in [0.5, 0.6) is 0 Å². The quantitative estimate of drug-likeness (QED) is 0.174. The monoisotopic (exact) mass is 743 g/mol. The molecule has 10 aromatic rings. The summed E-state index contributed by atoms with van der Waals surface area (Å²) in [5, 5.41) is 5.32. The molecule has 0 fully saturated rings. The smallest absolute Gasteiger partial charge is 0.0558 e. The molecular formula is C55H37NS. The van der Waals surface area contributed by atoms with Crippen LogP contribution in [0.2, 0.25) is 0 Å². The Labute approximate surface area is 336 Å². The number of hydrogen-bond donors (Lipinski definition) is 0. The van der Waals surface area contributed by atoms with Crippen molar-refractivity contribution in [2.24, 2.45) is 0 Å². The van der Waals surface area contributed by atoms with Crippen LogP contribution in [0.1, 0.15) is 29.0 Å². The zero-order valence-electron chi connectivity index (χ0n) is 31.3. The fraction of sp³-hybridized carbons (Fsp3) is 0.0545. The lowest BCUT2D eigenvalue weighted by molar-refractivity contribution is 0.726. The van der Waals surface area contributed by atoms with Gasteiger partial charge in [-0.2, -0.15) is 0 Å². The molecule has 2 aliphatic rings. The molecule has 12 rings (SSSR count). The second-order valence-corrected chi connectivity index (χ2v) is 16.6. The van der Waals surface area contributed by atoms with Gasteiger partial charge in [-0.15, -0.1) is 0 Å². The molecule has 0 radical (unpaired) electrons. The Morgan fingerprint density at radius 1 is 0.421 bits per heavy atom. The fourth-order valence-electron chi connectivity index (χ4n) is 9.82. The second-order valence-electron chi connectivity index (χ2n) is 15.5. The molecule has 2 heteroatoms. The second kappa shape index (κ2) is 13.0. The van der Waals surface area contributed by atoms with Crippen molar-refractivity contribution in [3.8, 4) is 50.2 Å². The molecule has 9 aromatic carbocycles. The van der Waals surface area contributed by atoms with Gasteiger partial charge in [0, 0.05) is 37.6 Å².